The maximum atomic E-state index is 13.2. The molecule has 0 unspecified atom stereocenters. The highest BCUT2D eigenvalue weighted by molar-refractivity contribution is 7.18. The largest absolute Gasteiger partial charge is 0.332 e. The number of halogens is 1. The van der Waals surface area contributed by atoms with Crippen LogP contribution in [0, 0.1) is 11.7 Å². The standard InChI is InChI=1S/C22H26FN3OS/c1-14(2)21(16-9-11-17(23)12-10-16)24-13-20(27)26(4)15(3)22-25-18-7-5-6-8-19(18)28-22/h5-12,14-15,21,24H,13H2,1-4H3/p+1/t15-,21+/m1/s1. The number of rotatable bonds is 7. The Morgan fingerprint density at radius 1 is 1.14 bits per heavy atom. The average molecular weight is 401 g/mol. The Balaban J connectivity index is 1.66. The van der Waals surface area contributed by atoms with Gasteiger partial charge in [-0.15, -0.1) is 11.3 Å². The van der Waals surface area contributed by atoms with Crippen LogP contribution in [0.3, 0.4) is 0 Å². The number of para-hydroxylation sites is 1. The van der Waals surface area contributed by atoms with Crippen molar-refractivity contribution in [3.05, 3.63) is 64.9 Å². The third-order valence-electron chi connectivity index (χ3n) is 5.16. The summed E-state index contributed by atoms with van der Waals surface area (Å²) in [5.41, 5.74) is 2.00. The molecule has 6 heteroatoms. The van der Waals surface area contributed by atoms with E-state index in [1.54, 1.807) is 28.4 Å². The van der Waals surface area contributed by atoms with E-state index in [1.807, 2.05) is 37.5 Å². The van der Waals surface area contributed by atoms with Gasteiger partial charge in [0.2, 0.25) is 0 Å². The van der Waals surface area contributed by atoms with E-state index in [0.29, 0.717) is 12.5 Å². The Hall–Kier alpha value is -2.31. The number of aromatic nitrogens is 1. The second-order valence-electron chi connectivity index (χ2n) is 7.46. The maximum Gasteiger partial charge on any atom is 0.278 e. The Labute approximate surface area is 169 Å². The molecule has 0 aliphatic rings. The maximum absolute atomic E-state index is 13.2. The highest BCUT2D eigenvalue weighted by Gasteiger charge is 2.25. The summed E-state index contributed by atoms with van der Waals surface area (Å²) in [6, 6.07) is 14.6. The molecule has 0 aliphatic heterocycles. The van der Waals surface area contributed by atoms with Gasteiger partial charge in [-0.1, -0.05) is 38.1 Å². The summed E-state index contributed by atoms with van der Waals surface area (Å²) in [6.45, 7) is 6.58. The van der Waals surface area contributed by atoms with Crippen LogP contribution in [-0.4, -0.2) is 29.4 Å². The molecule has 0 bridgehead atoms. The Morgan fingerprint density at radius 3 is 2.46 bits per heavy atom. The number of amides is 1. The van der Waals surface area contributed by atoms with Crippen molar-refractivity contribution in [3.8, 4) is 0 Å². The van der Waals surface area contributed by atoms with Crippen molar-refractivity contribution in [3.63, 3.8) is 0 Å². The SMILES string of the molecule is CC(C)[C@H]([NH2+]CC(=O)N(C)[C@H](C)c1nc2ccccc2s1)c1ccc(F)cc1. The molecule has 28 heavy (non-hydrogen) atoms. The van der Waals surface area contributed by atoms with Crippen molar-refractivity contribution in [2.75, 3.05) is 13.6 Å². The van der Waals surface area contributed by atoms with Gasteiger partial charge in [0, 0.05) is 18.5 Å². The summed E-state index contributed by atoms with van der Waals surface area (Å²) in [6.07, 6.45) is 0. The predicted molar refractivity (Wildman–Crippen MR) is 112 cm³/mol. The van der Waals surface area contributed by atoms with Crippen LogP contribution in [0.15, 0.2) is 48.5 Å². The summed E-state index contributed by atoms with van der Waals surface area (Å²) in [5.74, 6) is 0.136. The van der Waals surface area contributed by atoms with E-state index in [2.05, 4.69) is 24.9 Å². The van der Waals surface area contributed by atoms with Gasteiger partial charge in [0.1, 0.15) is 16.9 Å². The third-order valence-corrected chi connectivity index (χ3v) is 6.37. The van der Waals surface area contributed by atoms with Crippen LogP contribution in [0.4, 0.5) is 4.39 Å². The molecule has 0 aliphatic carbocycles. The smallest absolute Gasteiger partial charge is 0.278 e. The quantitative estimate of drug-likeness (QED) is 0.654. The molecule has 2 atom stereocenters. The van der Waals surface area contributed by atoms with Crippen LogP contribution in [0.1, 0.15) is 43.4 Å². The lowest BCUT2D eigenvalue weighted by Crippen LogP contribution is -2.88. The minimum atomic E-state index is -0.244. The molecule has 0 spiro atoms. The fraction of sp³-hybridized carbons (Fsp3) is 0.364. The van der Waals surface area contributed by atoms with Gasteiger partial charge in [-0.3, -0.25) is 4.79 Å². The number of nitrogens with zero attached hydrogens (tertiary/aromatic N) is 2. The second kappa shape index (κ2) is 8.80. The van der Waals surface area contributed by atoms with E-state index in [0.717, 1.165) is 20.8 Å². The average Bonchev–Trinajstić information content (AvgIpc) is 3.12. The normalized spacial score (nSPS) is 13.6. The molecule has 1 aromatic heterocycles. The minimum Gasteiger partial charge on any atom is -0.332 e. The van der Waals surface area contributed by atoms with Gasteiger partial charge in [0.05, 0.1) is 16.3 Å². The molecule has 1 heterocycles. The lowest BCUT2D eigenvalue weighted by molar-refractivity contribution is -0.692. The van der Waals surface area contributed by atoms with E-state index < -0.39 is 0 Å². The Morgan fingerprint density at radius 2 is 1.82 bits per heavy atom. The van der Waals surface area contributed by atoms with Crippen molar-refractivity contribution >= 4 is 27.5 Å². The van der Waals surface area contributed by atoms with Crippen molar-refractivity contribution in [1.29, 1.82) is 0 Å². The number of hydrogen-bond acceptors (Lipinski definition) is 3. The molecule has 0 radical (unpaired) electrons. The summed E-state index contributed by atoms with van der Waals surface area (Å²) < 4.78 is 14.4. The van der Waals surface area contributed by atoms with E-state index in [1.165, 1.54) is 12.1 Å². The summed E-state index contributed by atoms with van der Waals surface area (Å²) >= 11 is 1.63. The van der Waals surface area contributed by atoms with Gasteiger partial charge in [0.25, 0.3) is 5.91 Å². The molecule has 4 nitrogen and oxygen atoms in total. The molecule has 0 saturated heterocycles. The molecule has 3 aromatic rings. The number of fused-ring (bicyclic) bond motifs is 1. The fourth-order valence-electron chi connectivity index (χ4n) is 3.30. The number of benzene rings is 2. The van der Waals surface area contributed by atoms with Crippen molar-refractivity contribution in [1.82, 2.24) is 9.88 Å². The van der Waals surface area contributed by atoms with Crippen molar-refractivity contribution in [2.45, 2.75) is 32.9 Å². The topological polar surface area (TPSA) is 49.8 Å². The van der Waals surface area contributed by atoms with Gasteiger partial charge in [-0.25, -0.2) is 9.37 Å². The zero-order valence-electron chi connectivity index (χ0n) is 16.7. The minimum absolute atomic E-state index is 0.0551. The molecule has 2 aromatic carbocycles. The number of hydrogen-bond donors (Lipinski definition) is 1. The molecule has 148 valence electrons. The van der Waals surface area contributed by atoms with Crippen LogP contribution in [-0.2, 0) is 4.79 Å². The van der Waals surface area contributed by atoms with Gasteiger partial charge in [-0.05, 0) is 31.2 Å². The summed E-state index contributed by atoms with van der Waals surface area (Å²) in [5, 5.41) is 2.98. The first-order chi connectivity index (χ1) is 13.4. The van der Waals surface area contributed by atoms with Crippen LogP contribution >= 0.6 is 11.3 Å². The molecule has 2 N–H and O–H groups in total. The zero-order chi connectivity index (χ0) is 20.3. The van der Waals surface area contributed by atoms with Gasteiger partial charge in [0.15, 0.2) is 6.54 Å². The Bertz CT molecular complexity index is 905. The number of carbonyl (C=O) groups is 1. The number of carbonyl (C=O) groups excluding carboxylic acids is 1. The summed E-state index contributed by atoms with van der Waals surface area (Å²) in [7, 11) is 1.83. The predicted octanol–water partition coefficient (Wildman–Crippen LogP) is 3.92. The second-order valence-corrected chi connectivity index (χ2v) is 8.52. The number of likely N-dealkylation sites (N-methyl/N-ethyl adjacent to an activating group) is 1. The van der Waals surface area contributed by atoms with Crippen molar-refractivity contribution < 1.29 is 14.5 Å². The highest BCUT2D eigenvalue weighted by atomic mass is 32.1. The van der Waals surface area contributed by atoms with E-state index >= 15 is 0 Å². The van der Waals surface area contributed by atoms with Crippen LogP contribution < -0.4 is 5.32 Å². The van der Waals surface area contributed by atoms with E-state index in [9.17, 15) is 9.18 Å². The highest BCUT2D eigenvalue weighted by Crippen LogP contribution is 2.28. The van der Waals surface area contributed by atoms with E-state index in [4.69, 9.17) is 0 Å². The first-order valence-electron chi connectivity index (χ1n) is 9.56. The monoisotopic (exact) mass is 400 g/mol. The first-order valence-corrected chi connectivity index (χ1v) is 10.4. The lowest BCUT2D eigenvalue weighted by Gasteiger charge is -2.25. The molecular weight excluding hydrogens is 373 g/mol. The van der Waals surface area contributed by atoms with Crippen LogP contribution in [0.25, 0.3) is 10.2 Å². The number of thiazole rings is 1. The third kappa shape index (κ3) is 4.56. The number of quaternary nitrogens is 1. The van der Waals surface area contributed by atoms with E-state index in [-0.39, 0.29) is 23.8 Å². The molecular formula is C22H27FN3OS+. The zero-order valence-corrected chi connectivity index (χ0v) is 17.5. The molecule has 0 saturated carbocycles. The first kappa shape index (κ1) is 20.4. The fourth-order valence-corrected chi connectivity index (χ4v) is 4.36. The lowest BCUT2D eigenvalue weighted by atomic mass is 9.96. The van der Waals surface area contributed by atoms with Gasteiger partial charge >= 0.3 is 0 Å². The Kier molecular flexibility index (Phi) is 6.42. The van der Waals surface area contributed by atoms with Crippen molar-refractivity contribution in [2.24, 2.45) is 5.92 Å². The summed E-state index contributed by atoms with van der Waals surface area (Å²) in [4.78, 5) is 19.2. The van der Waals surface area contributed by atoms with Gasteiger partial charge < -0.3 is 10.2 Å². The molecule has 3 rings (SSSR count). The van der Waals surface area contributed by atoms with Crippen LogP contribution in [0.5, 0.6) is 0 Å². The van der Waals surface area contributed by atoms with Gasteiger partial charge in [-0.2, -0.15) is 0 Å². The molecule has 1 amide bonds. The molecule has 0 fully saturated rings. The van der Waals surface area contributed by atoms with Crippen LogP contribution in [0.2, 0.25) is 0 Å². The number of nitrogens with two attached hydrogens (primary N) is 1.